The second kappa shape index (κ2) is 3.91. The van der Waals surface area contributed by atoms with Crippen LogP contribution >= 0.6 is 15.9 Å². The molecule has 0 aromatic heterocycles. The van der Waals surface area contributed by atoms with Crippen LogP contribution in [0, 0.1) is 5.92 Å². The molecule has 0 amide bonds. The van der Waals surface area contributed by atoms with Gasteiger partial charge < -0.3 is 10.8 Å². The molecule has 0 aliphatic heterocycles. The van der Waals surface area contributed by atoms with Gasteiger partial charge in [0.15, 0.2) is 0 Å². The molecule has 0 radical (unpaired) electrons. The molecule has 1 fully saturated rings. The first-order valence-corrected chi connectivity index (χ1v) is 5.72. The third-order valence-corrected chi connectivity index (χ3v) is 3.50. The van der Waals surface area contributed by atoms with E-state index in [0.29, 0.717) is 11.7 Å². The van der Waals surface area contributed by atoms with Crippen LogP contribution in [0.2, 0.25) is 0 Å². The van der Waals surface area contributed by atoms with Crippen molar-refractivity contribution in [2.24, 2.45) is 11.7 Å². The van der Waals surface area contributed by atoms with E-state index in [1.165, 1.54) is 19.3 Å². The molecule has 1 aromatic rings. The Morgan fingerprint density at radius 1 is 1.43 bits per heavy atom. The van der Waals surface area contributed by atoms with Crippen molar-refractivity contribution in [3.63, 3.8) is 0 Å². The van der Waals surface area contributed by atoms with Crippen molar-refractivity contribution in [1.82, 2.24) is 0 Å². The number of halogens is 1. The fourth-order valence-electron chi connectivity index (χ4n) is 1.85. The molecule has 76 valence electrons. The van der Waals surface area contributed by atoms with Crippen LogP contribution in [0.5, 0.6) is 5.75 Å². The molecular weight excluding hydrogens is 242 g/mol. The Hall–Kier alpha value is -0.540. The quantitative estimate of drug-likeness (QED) is 0.854. The molecule has 2 nitrogen and oxygen atoms in total. The Balaban J connectivity index is 2.24. The van der Waals surface area contributed by atoms with E-state index < -0.39 is 0 Å². The molecule has 3 heteroatoms. The summed E-state index contributed by atoms with van der Waals surface area (Å²) in [5, 5.41) is 9.67. The summed E-state index contributed by atoms with van der Waals surface area (Å²) in [5.41, 5.74) is 6.95. The van der Waals surface area contributed by atoms with E-state index >= 15 is 0 Å². The van der Waals surface area contributed by atoms with Gasteiger partial charge in [0.25, 0.3) is 0 Å². The summed E-state index contributed by atoms with van der Waals surface area (Å²) >= 11 is 3.39. The molecule has 1 aromatic carbocycles. The van der Waals surface area contributed by atoms with Crippen LogP contribution in [0.25, 0.3) is 0 Å². The van der Waals surface area contributed by atoms with Gasteiger partial charge in [-0.3, -0.25) is 0 Å². The summed E-state index contributed by atoms with van der Waals surface area (Å²) in [5.74, 6) is 0.864. The first kappa shape index (κ1) is 9.99. The van der Waals surface area contributed by atoms with Gasteiger partial charge in [-0.15, -0.1) is 0 Å². The molecule has 0 heterocycles. The van der Waals surface area contributed by atoms with Crippen molar-refractivity contribution in [1.29, 1.82) is 0 Å². The van der Waals surface area contributed by atoms with Crippen LogP contribution in [-0.4, -0.2) is 5.11 Å². The van der Waals surface area contributed by atoms with Crippen LogP contribution < -0.4 is 5.73 Å². The molecule has 1 saturated carbocycles. The van der Waals surface area contributed by atoms with Crippen molar-refractivity contribution in [2.45, 2.75) is 25.3 Å². The Labute approximate surface area is 92.3 Å². The van der Waals surface area contributed by atoms with Gasteiger partial charge in [0, 0.05) is 16.1 Å². The van der Waals surface area contributed by atoms with Gasteiger partial charge in [-0.2, -0.15) is 0 Å². The van der Waals surface area contributed by atoms with E-state index in [1.54, 1.807) is 6.07 Å². The second-order valence-corrected chi connectivity index (χ2v) is 4.84. The van der Waals surface area contributed by atoms with Gasteiger partial charge in [0.2, 0.25) is 0 Å². The maximum absolute atomic E-state index is 9.67. The summed E-state index contributed by atoms with van der Waals surface area (Å²) in [6.07, 6.45) is 3.65. The van der Waals surface area contributed by atoms with Crippen molar-refractivity contribution in [3.8, 4) is 5.75 Å². The van der Waals surface area contributed by atoms with Crippen LogP contribution in [0.1, 0.15) is 30.9 Å². The Morgan fingerprint density at radius 2 is 2.14 bits per heavy atom. The van der Waals surface area contributed by atoms with Crippen molar-refractivity contribution in [2.75, 3.05) is 0 Å². The minimum Gasteiger partial charge on any atom is -0.508 e. The largest absolute Gasteiger partial charge is 0.508 e. The predicted octanol–water partition coefficient (Wildman–Crippen LogP) is 2.95. The summed E-state index contributed by atoms with van der Waals surface area (Å²) in [6.45, 7) is 0. The van der Waals surface area contributed by atoms with Crippen LogP contribution in [0.3, 0.4) is 0 Å². The van der Waals surface area contributed by atoms with E-state index in [1.807, 2.05) is 12.1 Å². The standard InChI is InChI=1S/C11H14BrNO/c12-8-4-5-10(14)9(6-8)11(13)7-2-1-3-7/h4-7,11,14H,1-3,13H2/t11-/m1/s1. The topological polar surface area (TPSA) is 46.2 Å². The summed E-state index contributed by atoms with van der Waals surface area (Å²) in [4.78, 5) is 0. The second-order valence-electron chi connectivity index (χ2n) is 3.92. The third kappa shape index (κ3) is 1.79. The zero-order chi connectivity index (χ0) is 10.1. The fourth-order valence-corrected chi connectivity index (χ4v) is 2.22. The third-order valence-electron chi connectivity index (χ3n) is 3.01. The van der Waals surface area contributed by atoms with E-state index in [2.05, 4.69) is 15.9 Å². The number of phenols is 1. The minimum atomic E-state index is -0.0127. The van der Waals surface area contributed by atoms with Crippen LogP contribution in [0.4, 0.5) is 0 Å². The molecule has 14 heavy (non-hydrogen) atoms. The highest BCUT2D eigenvalue weighted by Crippen LogP contribution is 2.39. The van der Waals surface area contributed by atoms with E-state index in [9.17, 15) is 5.11 Å². The van der Waals surface area contributed by atoms with Gasteiger partial charge in [0.1, 0.15) is 5.75 Å². The lowest BCUT2D eigenvalue weighted by atomic mass is 9.77. The summed E-state index contributed by atoms with van der Waals surface area (Å²) in [7, 11) is 0. The Morgan fingerprint density at radius 3 is 2.71 bits per heavy atom. The zero-order valence-electron chi connectivity index (χ0n) is 7.91. The number of hydrogen-bond acceptors (Lipinski definition) is 2. The Kier molecular flexibility index (Phi) is 2.79. The smallest absolute Gasteiger partial charge is 0.120 e. The lowest BCUT2D eigenvalue weighted by molar-refractivity contribution is 0.260. The lowest BCUT2D eigenvalue weighted by Gasteiger charge is -2.31. The maximum Gasteiger partial charge on any atom is 0.120 e. The number of aromatic hydroxyl groups is 1. The minimum absolute atomic E-state index is 0.0127. The van der Waals surface area contributed by atoms with Gasteiger partial charge in [-0.1, -0.05) is 22.4 Å². The summed E-state index contributed by atoms with van der Waals surface area (Å²) in [6, 6.07) is 5.42. The molecule has 0 bridgehead atoms. The number of nitrogens with two attached hydrogens (primary N) is 1. The van der Waals surface area contributed by atoms with Gasteiger partial charge in [0.05, 0.1) is 0 Å². The molecule has 0 unspecified atom stereocenters. The van der Waals surface area contributed by atoms with Gasteiger partial charge >= 0.3 is 0 Å². The van der Waals surface area contributed by atoms with Gasteiger partial charge in [-0.05, 0) is 37.0 Å². The zero-order valence-corrected chi connectivity index (χ0v) is 9.50. The number of phenolic OH excluding ortho intramolecular Hbond substituents is 1. The van der Waals surface area contributed by atoms with Crippen molar-refractivity contribution in [3.05, 3.63) is 28.2 Å². The van der Waals surface area contributed by atoms with Crippen LogP contribution in [-0.2, 0) is 0 Å². The van der Waals surface area contributed by atoms with E-state index in [-0.39, 0.29) is 6.04 Å². The number of rotatable bonds is 2. The molecule has 3 N–H and O–H groups in total. The van der Waals surface area contributed by atoms with Crippen molar-refractivity contribution < 1.29 is 5.11 Å². The molecular formula is C11H14BrNO. The molecule has 2 rings (SSSR count). The highest BCUT2D eigenvalue weighted by atomic mass is 79.9. The number of benzene rings is 1. The lowest BCUT2D eigenvalue weighted by Crippen LogP contribution is -2.26. The Bertz CT molecular complexity index is 336. The summed E-state index contributed by atoms with van der Waals surface area (Å²) < 4.78 is 0.972. The van der Waals surface area contributed by atoms with E-state index in [0.717, 1.165) is 10.0 Å². The average molecular weight is 256 g/mol. The molecule has 0 spiro atoms. The SMILES string of the molecule is N[C@@H](c1cc(Br)ccc1O)C1CCC1. The first-order chi connectivity index (χ1) is 6.68. The highest BCUT2D eigenvalue weighted by molar-refractivity contribution is 9.10. The fraction of sp³-hybridized carbons (Fsp3) is 0.455. The monoisotopic (exact) mass is 255 g/mol. The first-order valence-electron chi connectivity index (χ1n) is 4.92. The van der Waals surface area contributed by atoms with Gasteiger partial charge in [-0.25, -0.2) is 0 Å². The normalized spacial score (nSPS) is 19.0. The molecule has 1 atom stereocenters. The van der Waals surface area contributed by atoms with Crippen LogP contribution in [0.15, 0.2) is 22.7 Å². The average Bonchev–Trinajstić information content (AvgIpc) is 2.06. The molecule has 1 aliphatic rings. The van der Waals surface area contributed by atoms with Crippen molar-refractivity contribution >= 4 is 15.9 Å². The number of hydrogen-bond donors (Lipinski definition) is 2. The van der Waals surface area contributed by atoms with E-state index in [4.69, 9.17) is 5.73 Å². The molecule has 0 saturated heterocycles. The highest BCUT2D eigenvalue weighted by Gasteiger charge is 2.27. The molecule has 1 aliphatic carbocycles. The predicted molar refractivity (Wildman–Crippen MR) is 60.1 cm³/mol. The maximum atomic E-state index is 9.67.